The molecule has 0 bridgehead atoms. The Morgan fingerprint density at radius 2 is 2.50 bits per heavy atom. The van der Waals surface area contributed by atoms with E-state index in [1.807, 2.05) is 13.0 Å². The van der Waals surface area contributed by atoms with Crippen molar-refractivity contribution in [1.82, 2.24) is 4.98 Å². The second kappa shape index (κ2) is 3.06. The Labute approximate surface area is 60.3 Å². The number of rotatable bonds is 2. The third-order valence-electron chi connectivity index (χ3n) is 1.14. The van der Waals surface area contributed by atoms with Crippen LogP contribution in [0.5, 0.6) is 0 Å². The minimum atomic E-state index is 0.742. The molecule has 54 valence electrons. The lowest BCUT2D eigenvalue weighted by Gasteiger charge is -2.00. The van der Waals surface area contributed by atoms with Gasteiger partial charge in [0.2, 0.25) is 0 Å². The van der Waals surface area contributed by atoms with E-state index in [9.17, 15) is 0 Å². The van der Waals surface area contributed by atoms with Crippen LogP contribution in [0.4, 0.5) is 11.5 Å². The van der Waals surface area contributed by atoms with Gasteiger partial charge in [-0.15, -0.1) is 0 Å². The monoisotopic (exact) mass is 137 g/mol. The van der Waals surface area contributed by atoms with Crippen molar-refractivity contribution in [1.29, 1.82) is 0 Å². The van der Waals surface area contributed by atoms with Crippen LogP contribution in [0.3, 0.4) is 0 Å². The van der Waals surface area contributed by atoms with Gasteiger partial charge in [-0.3, -0.25) is 0 Å². The minimum Gasteiger partial charge on any atom is -0.399 e. The first kappa shape index (κ1) is 6.86. The number of nitrogen functional groups attached to an aromatic ring is 1. The van der Waals surface area contributed by atoms with E-state index in [2.05, 4.69) is 10.3 Å². The molecule has 0 fully saturated rings. The molecule has 3 nitrogen and oxygen atoms in total. The van der Waals surface area contributed by atoms with Crippen LogP contribution in [0, 0.1) is 0 Å². The summed E-state index contributed by atoms with van der Waals surface area (Å²) in [6, 6.07) is 3.57. The third-order valence-corrected chi connectivity index (χ3v) is 1.14. The summed E-state index contributed by atoms with van der Waals surface area (Å²) in [6.07, 6.45) is 1.69. The molecule has 0 saturated carbocycles. The predicted octanol–water partition coefficient (Wildman–Crippen LogP) is 1.10. The summed E-state index contributed by atoms with van der Waals surface area (Å²) in [6.45, 7) is 2.89. The Balaban J connectivity index is 2.75. The number of hydrogen-bond acceptors (Lipinski definition) is 3. The summed E-state index contributed by atoms with van der Waals surface area (Å²) >= 11 is 0. The Morgan fingerprint density at radius 1 is 1.70 bits per heavy atom. The fourth-order valence-electron chi connectivity index (χ4n) is 0.725. The van der Waals surface area contributed by atoms with Gasteiger partial charge in [-0.25, -0.2) is 4.98 Å². The lowest BCUT2D eigenvalue weighted by Crippen LogP contribution is -1.99. The summed E-state index contributed by atoms with van der Waals surface area (Å²) in [4.78, 5) is 4.04. The van der Waals surface area contributed by atoms with Crippen LogP contribution in [0.2, 0.25) is 0 Å². The second-order valence-electron chi connectivity index (χ2n) is 2.00. The zero-order chi connectivity index (χ0) is 7.40. The van der Waals surface area contributed by atoms with Gasteiger partial charge < -0.3 is 11.1 Å². The highest BCUT2D eigenvalue weighted by Gasteiger charge is 1.89. The molecule has 0 amide bonds. The molecule has 0 aliphatic heterocycles. The van der Waals surface area contributed by atoms with Gasteiger partial charge in [0.25, 0.3) is 0 Å². The van der Waals surface area contributed by atoms with E-state index < -0.39 is 0 Å². The molecule has 0 aromatic carbocycles. The molecule has 0 saturated heterocycles. The molecule has 3 heteroatoms. The Hall–Kier alpha value is -1.25. The van der Waals surface area contributed by atoms with E-state index in [-0.39, 0.29) is 0 Å². The second-order valence-corrected chi connectivity index (χ2v) is 2.00. The van der Waals surface area contributed by atoms with Crippen LogP contribution in [-0.4, -0.2) is 11.5 Å². The fourth-order valence-corrected chi connectivity index (χ4v) is 0.725. The predicted molar refractivity (Wildman–Crippen MR) is 42.8 cm³/mol. The number of aromatic nitrogens is 1. The van der Waals surface area contributed by atoms with Crippen LogP contribution in [0.1, 0.15) is 6.92 Å². The zero-order valence-corrected chi connectivity index (χ0v) is 5.96. The first-order chi connectivity index (χ1) is 4.83. The molecule has 0 unspecified atom stereocenters. The maximum atomic E-state index is 5.51. The minimum absolute atomic E-state index is 0.742. The summed E-state index contributed by atoms with van der Waals surface area (Å²) in [5.74, 6) is 0.836. The Bertz CT molecular complexity index is 210. The maximum Gasteiger partial charge on any atom is 0.127 e. The van der Waals surface area contributed by atoms with Gasteiger partial charge in [-0.1, -0.05) is 0 Å². The van der Waals surface area contributed by atoms with Crippen molar-refractivity contribution in [2.24, 2.45) is 0 Å². The van der Waals surface area contributed by atoms with E-state index in [1.165, 1.54) is 0 Å². The molecule has 0 atom stereocenters. The number of nitrogens with one attached hydrogen (secondary N) is 1. The number of nitrogens with two attached hydrogens (primary N) is 1. The van der Waals surface area contributed by atoms with Gasteiger partial charge in [0.05, 0.1) is 0 Å². The van der Waals surface area contributed by atoms with Crippen LogP contribution in [0.15, 0.2) is 18.3 Å². The first-order valence-electron chi connectivity index (χ1n) is 3.28. The summed E-state index contributed by atoms with van der Waals surface area (Å²) in [5.41, 5.74) is 6.25. The van der Waals surface area contributed by atoms with Crippen molar-refractivity contribution in [2.45, 2.75) is 6.92 Å². The molecule has 10 heavy (non-hydrogen) atoms. The standard InChI is InChI=1S/C7H11N3/c1-2-9-7-5-6(8)3-4-10-7/h3-5H,2H2,1H3,(H3,8,9,10). The molecule has 0 spiro atoms. The normalized spacial score (nSPS) is 9.30. The Morgan fingerprint density at radius 3 is 3.10 bits per heavy atom. The highest BCUT2D eigenvalue weighted by atomic mass is 15.0. The number of hydrogen-bond donors (Lipinski definition) is 2. The average Bonchev–Trinajstić information content (AvgIpc) is 1.88. The lowest BCUT2D eigenvalue weighted by molar-refractivity contribution is 1.16. The van der Waals surface area contributed by atoms with E-state index >= 15 is 0 Å². The number of anilines is 2. The van der Waals surface area contributed by atoms with Crippen LogP contribution in [-0.2, 0) is 0 Å². The fraction of sp³-hybridized carbons (Fsp3) is 0.286. The zero-order valence-electron chi connectivity index (χ0n) is 5.96. The molecular weight excluding hydrogens is 126 g/mol. The largest absolute Gasteiger partial charge is 0.399 e. The molecule has 3 N–H and O–H groups in total. The molecule has 0 aliphatic carbocycles. The molecule has 1 rings (SSSR count). The molecule has 1 heterocycles. The van der Waals surface area contributed by atoms with Crippen molar-refractivity contribution in [3.8, 4) is 0 Å². The maximum absolute atomic E-state index is 5.51. The van der Waals surface area contributed by atoms with Crippen LogP contribution >= 0.6 is 0 Å². The van der Waals surface area contributed by atoms with Crippen LogP contribution in [0.25, 0.3) is 0 Å². The van der Waals surface area contributed by atoms with Gasteiger partial charge >= 0.3 is 0 Å². The third kappa shape index (κ3) is 1.62. The first-order valence-corrected chi connectivity index (χ1v) is 3.28. The summed E-state index contributed by atoms with van der Waals surface area (Å²) < 4.78 is 0. The number of pyridine rings is 1. The average molecular weight is 137 g/mol. The van der Waals surface area contributed by atoms with Crippen molar-refractivity contribution in [2.75, 3.05) is 17.6 Å². The molecule has 0 radical (unpaired) electrons. The Kier molecular flexibility index (Phi) is 2.10. The van der Waals surface area contributed by atoms with Crippen molar-refractivity contribution in [3.63, 3.8) is 0 Å². The molecule has 1 aromatic rings. The highest BCUT2D eigenvalue weighted by Crippen LogP contribution is 2.06. The van der Waals surface area contributed by atoms with E-state index in [0.717, 1.165) is 18.1 Å². The van der Waals surface area contributed by atoms with Crippen molar-refractivity contribution in [3.05, 3.63) is 18.3 Å². The quantitative estimate of drug-likeness (QED) is 0.641. The summed E-state index contributed by atoms with van der Waals surface area (Å²) in [5, 5.41) is 3.06. The van der Waals surface area contributed by atoms with Crippen molar-refractivity contribution < 1.29 is 0 Å². The SMILES string of the molecule is CCNc1cc(N)ccn1. The molecule has 0 aliphatic rings. The topological polar surface area (TPSA) is 50.9 Å². The van der Waals surface area contributed by atoms with Gasteiger partial charge in [0.1, 0.15) is 5.82 Å². The van der Waals surface area contributed by atoms with Gasteiger partial charge in [-0.05, 0) is 13.0 Å². The van der Waals surface area contributed by atoms with Crippen molar-refractivity contribution >= 4 is 11.5 Å². The van der Waals surface area contributed by atoms with E-state index in [4.69, 9.17) is 5.73 Å². The molecule has 1 aromatic heterocycles. The van der Waals surface area contributed by atoms with Gasteiger partial charge in [0, 0.05) is 24.5 Å². The number of nitrogens with zero attached hydrogens (tertiary/aromatic N) is 1. The van der Waals surface area contributed by atoms with Gasteiger partial charge in [0.15, 0.2) is 0 Å². The highest BCUT2D eigenvalue weighted by molar-refractivity contribution is 5.48. The van der Waals surface area contributed by atoms with Gasteiger partial charge in [-0.2, -0.15) is 0 Å². The smallest absolute Gasteiger partial charge is 0.127 e. The van der Waals surface area contributed by atoms with E-state index in [1.54, 1.807) is 12.3 Å². The lowest BCUT2D eigenvalue weighted by atomic mass is 10.4. The van der Waals surface area contributed by atoms with Crippen LogP contribution < -0.4 is 11.1 Å². The summed E-state index contributed by atoms with van der Waals surface area (Å²) in [7, 11) is 0. The van der Waals surface area contributed by atoms with E-state index in [0.29, 0.717) is 0 Å². The molecular formula is C7H11N3.